The van der Waals surface area contributed by atoms with Crippen LogP contribution < -0.4 is 5.32 Å². The van der Waals surface area contributed by atoms with Gasteiger partial charge in [0.2, 0.25) is 5.91 Å². The van der Waals surface area contributed by atoms with E-state index >= 15 is 0 Å². The van der Waals surface area contributed by atoms with Crippen LogP contribution >= 0.6 is 0 Å². The van der Waals surface area contributed by atoms with Crippen molar-refractivity contribution in [3.8, 4) is 0 Å². The lowest BCUT2D eigenvalue weighted by Crippen LogP contribution is -2.42. The van der Waals surface area contributed by atoms with E-state index in [9.17, 15) is 9.59 Å². The second-order valence-corrected chi connectivity index (χ2v) is 5.59. The summed E-state index contributed by atoms with van der Waals surface area (Å²) in [4.78, 5) is 24.7. The van der Waals surface area contributed by atoms with Crippen LogP contribution in [0.3, 0.4) is 0 Å². The molecule has 2 saturated heterocycles. The number of nitrogens with zero attached hydrogens (tertiary/aromatic N) is 1. The number of carboxylic acids is 1. The molecule has 2 rings (SSSR count). The van der Waals surface area contributed by atoms with Crippen molar-refractivity contribution in [2.24, 2.45) is 5.92 Å². The monoisotopic (exact) mass is 284 g/mol. The minimum absolute atomic E-state index is 0.0184. The number of carboxylic acid groups (broad SMARTS) is 1. The molecule has 6 heteroatoms. The topological polar surface area (TPSA) is 78.9 Å². The Balaban J connectivity index is 1.67. The largest absolute Gasteiger partial charge is 0.481 e. The second kappa shape index (κ2) is 7.59. The maximum Gasteiger partial charge on any atom is 0.308 e. The summed E-state index contributed by atoms with van der Waals surface area (Å²) in [6.45, 7) is 3.42. The number of hydrogen-bond donors (Lipinski definition) is 2. The van der Waals surface area contributed by atoms with E-state index in [-0.39, 0.29) is 12.0 Å². The molecule has 0 spiro atoms. The Labute approximate surface area is 119 Å². The molecule has 0 aromatic heterocycles. The molecule has 6 nitrogen and oxygen atoms in total. The van der Waals surface area contributed by atoms with E-state index in [4.69, 9.17) is 9.84 Å². The number of aliphatic carboxylic acids is 1. The lowest BCUT2D eigenvalue weighted by Gasteiger charge is -2.31. The Morgan fingerprint density at radius 2 is 2.00 bits per heavy atom. The number of nitrogens with one attached hydrogen (secondary N) is 1. The van der Waals surface area contributed by atoms with E-state index in [1.165, 1.54) is 0 Å². The van der Waals surface area contributed by atoms with Gasteiger partial charge in [-0.15, -0.1) is 0 Å². The Morgan fingerprint density at radius 1 is 1.25 bits per heavy atom. The Kier molecular flexibility index (Phi) is 5.79. The van der Waals surface area contributed by atoms with Crippen LogP contribution in [0.2, 0.25) is 0 Å². The zero-order valence-electron chi connectivity index (χ0n) is 11.8. The zero-order chi connectivity index (χ0) is 14.4. The average molecular weight is 284 g/mol. The first kappa shape index (κ1) is 15.3. The first-order valence-corrected chi connectivity index (χ1v) is 7.49. The van der Waals surface area contributed by atoms with E-state index < -0.39 is 11.9 Å². The molecule has 2 N–H and O–H groups in total. The van der Waals surface area contributed by atoms with Crippen LogP contribution in [-0.2, 0) is 14.3 Å². The Morgan fingerprint density at radius 3 is 2.70 bits per heavy atom. The third-order valence-electron chi connectivity index (χ3n) is 4.08. The number of amides is 1. The summed E-state index contributed by atoms with van der Waals surface area (Å²) in [5.74, 6) is -1.18. The average Bonchev–Trinajstić information content (AvgIpc) is 2.48. The summed E-state index contributed by atoms with van der Waals surface area (Å²) in [7, 11) is 0. The smallest absolute Gasteiger partial charge is 0.308 e. The number of piperidine rings is 2. The molecule has 114 valence electrons. The molecule has 2 heterocycles. The van der Waals surface area contributed by atoms with Crippen molar-refractivity contribution < 1.29 is 19.4 Å². The summed E-state index contributed by atoms with van der Waals surface area (Å²) < 4.78 is 5.71. The number of likely N-dealkylation sites (tertiary alicyclic amines) is 1. The van der Waals surface area contributed by atoms with Crippen molar-refractivity contribution in [2.75, 3.05) is 32.8 Å². The normalized spacial score (nSPS) is 24.6. The summed E-state index contributed by atoms with van der Waals surface area (Å²) in [5.41, 5.74) is 0. The fourth-order valence-electron chi connectivity index (χ4n) is 2.84. The lowest BCUT2D eigenvalue weighted by atomic mass is 9.98. The third kappa shape index (κ3) is 4.45. The molecule has 2 aliphatic heterocycles. The molecule has 0 bridgehead atoms. The first-order chi connectivity index (χ1) is 9.66. The van der Waals surface area contributed by atoms with Gasteiger partial charge in [-0.25, -0.2) is 0 Å². The summed E-state index contributed by atoms with van der Waals surface area (Å²) >= 11 is 0. The van der Waals surface area contributed by atoms with Gasteiger partial charge < -0.3 is 20.1 Å². The maximum atomic E-state index is 12.0. The second-order valence-electron chi connectivity index (χ2n) is 5.59. The number of carbonyl (C=O) groups excluding carboxylic acids is 1. The van der Waals surface area contributed by atoms with Gasteiger partial charge in [0.15, 0.2) is 0 Å². The number of rotatable bonds is 5. The minimum atomic E-state index is -0.798. The Bertz CT molecular complexity index is 342. The predicted octanol–water partition coefficient (Wildman–Crippen LogP) is 0.468. The fraction of sp³-hybridized carbons (Fsp3) is 0.857. The van der Waals surface area contributed by atoms with Crippen LogP contribution in [0.15, 0.2) is 0 Å². The molecule has 0 radical (unpaired) electrons. The standard InChI is InChI=1S/C14H24N2O4/c17-13(5-9-20-12-3-6-15-7-4-12)16-8-1-2-11(10-16)14(18)19/h11-12,15H,1-10H2,(H,18,19)/t11-/m1/s1. The van der Waals surface area contributed by atoms with Gasteiger partial charge in [-0.1, -0.05) is 0 Å². The highest BCUT2D eigenvalue weighted by atomic mass is 16.5. The molecule has 2 aliphatic rings. The van der Waals surface area contributed by atoms with Gasteiger partial charge in [0.25, 0.3) is 0 Å². The highest BCUT2D eigenvalue weighted by Crippen LogP contribution is 2.17. The lowest BCUT2D eigenvalue weighted by molar-refractivity contribution is -0.146. The van der Waals surface area contributed by atoms with E-state index in [0.29, 0.717) is 32.5 Å². The summed E-state index contributed by atoms with van der Waals surface area (Å²) in [6, 6.07) is 0. The van der Waals surface area contributed by atoms with Crippen molar-refractivity contribution in [3.63, 3.8) is 0 Å². The highest BCUT2D eigenvalue weighted by molar-refractivity contribution is 5.78. The molecule has 2 fully saturated rings. The molecular formula is C14H24N2O4. The molecule has 0 saturated carbocycles. The van der Waals surface area contributed by atoms with E-state index in [1.807, 2.05) is 0 Å². The fourth-order valence-corrected chi connectivity index (χ4v) is 2.84. The summed E-state index contributed by atoms with van der Waals surface area (Å²) in [5, 5.41) is 12.3. The molecule has 0 aromatic rings. The molecule has 1 amide bonds. The van der Waals surface area contributed by atoms with Crippen molar-refractivity contribution in [3.05, 3.63) is 0 Å². The minimum Gasteiger partial charge on any atom is -0.481 e. The first-order valence-electron chi connectivity index (χ1n) is 7.49. The number of carbonyl (C=O) groups is 2. The quantitative estimate of drug-likeness (QED) is 0.767. The van der Waals surface area contributed by atoms with Gasteiger partial charge in [-0.3, -0.25) is 9.59 Å². The van der Waals surface area contributed by atoms with Gasteiger partial charge in [-0.05, 0) is 38.8 Å². The van der Waals surface area contributed by atoms with E-state index in [1.54, 1.807) is 4.90 Å². The van der Waals surface area contributed by atoms with Gasteiger partial charge in [0.1, 0.15) is 0 Å². The van der Waals surface area contributed by atoms with Gasteiger partial charge in [0, 0.05) is 13.1 Å². The molecule has 0 aliphatic carbocycles. The van der Waals surface area contributed by atoms with Gasteiger partial charge in [-0.2, -0.15) is 0 Å². The van der Waals surface area contributed by atoms with Gasteiger partial charge in [0.05, 0.1) is 25.0 Å². The van der Waals surface area contributed by atoms with Crippen molar-refractivity contribution in [1.82, 2.24) is 10.2 Å². The molecule has 1 atom stereocenters. The number of ether oxygens (including phenoxy) is 1. The van der Waals surface area contributed by atoms with Crippen LogP contribution in [-0.4, -0.2) is 60.8 Å². The van der Waals surface area contributed by atoms with Crippen LogP contribution in [0.1, 0.15) is 32.1 Å². The van der Waals surface area contributed by atoms with Gasteiger partial charge >= 0.3 is 5.97 Å². The van der Waals surface area contributed by atoms with Crippen LogP contribution in [0.4, 0.5) is 0 Å². The predicted molar refractivity (Wildman–Crippen MR) is 73.4 cm³/mol. The van der Waals surface area contributed by atoms with E-state index in [2.05, 4.69) is 5.32 Å². The van der Waals surface area contributed by atoms with E-state index in [0.717, 1.165) is 32.4 Å². The molecule has 0 aromatic carbocycles. The maximum absolute atomic E-state index is 12.0. The SMILES string of the molecule is O=C(O)[C@@H]1CCCN(C(=O)CCOC2CCNCC2)C1. The molecule has 0 unspecified atom stereocenters. The molecule has 20 heavy (non-hydrogen) atoms. The van der Waals surface area contributed by atoms with Crippen LogP contribution in [0, 0.1) is 5.92 Å². The summed E-state index contributed by atoms with van der Waals surface area (Å²) in [6.07, 6.45) is 4.06. The third-order valence-corrected chi connectivity index (χ3v) is 4.08. The highest BCUT2D eigenvalue weighted by Gasteiger charge is 2.27. The number of hydrogen-bond acceptors (Lipinski definition) is 4. The molecular weight excluding hydrogens is 260 g/mol. The van der Waals surface area contributed by atoms with Crippen molar-refractivity contribution >= 4 is 11.9 Å². The Hall–Kier alpha value is -1.14. The zero-order valence-corrected chi connectivity index (χ0v) is 11.8. The van der Waals surface area contributed by atoms with Crippen molar-refractivity contribution in [1.29, 1.82) is 0 Å². The van der Waals surface area contributed by atoms with Crippen LogP contribution in [0.25, 0.3) is 0 Å². The van der Waals surface area contributed by atoms with Crippen molar-refractivity contribution in [2.45, 2.75) is 38.2 Å². The van der Waals surface area contributed by atoms with Crippen LogP contribution in [0.5, 0.6) is 0 Å².